The van der Waals surface area contributed by atoms with Gasteiger partial charge in [-0.15, -0.1) is 0 Å². The highest BCUT2D eigenvalue weighted by Gasteiger charge is 2.56. The number of rotatable bonds is 1. The van der Waals surface area contributed by atoms with Crippen LogP contribution in [0, 0.1) is 17.3 Å². The molecule has 4 fully saturated rings. The van der Waals surface area contributed by atoms with Gasteiger partial charge in [-0.25, -0.2) is 0 Å². The van der Waals surface area contributed by atoms with E-state index < -0.39 is 0 Å². The van der Waals surface area contributed by atoms with Gasteiger partial charge in [0.25, 0.3) is 0 Å². The van der Waals surface area contributed by atoms with Crippen molar-refractivity contribution in [2.75, 3.05) is 39.4 Å². The van der Waals surface area contributed by atoms with Crippen LogP contribution in [0.3, 0.4) is 0 Å². The molecule has 4 nitrogen and oxygen atoms in total. The zero-order chi connectivity index (χ0) is 13.5. The molecule has 3 unspecified atom stereocenters. The summed E-state index contributed by atoms with van der Waals surface area (Å²) in [5.74, 6) is 1.12. The summed E-state index contributed by atoms with van der Waals surface area (Å²) >= 11 is 0. The Morgan fingerprint density at radius 3 is 2.30 bits per heavy atom. The van der Waals surface area contributed by atoms with Crippen molar-refractivity contribution in [1.29, 1.82) is 0 Å². The van der Waals surface area contributed by atoms with Crippen molar-refractivity contribution in [2.45, 2.75) is 44.3 Å². The normalized spacial score (nSPS) is 44.4. The monoisotopic (exact) mass is 280 g/mol. The van der Waals surface area contributed by atoms with Crippen LogP contribution < -0.4 is 10.6 Å². The van der Waals surface area contributed by atoms with Crippen LogP contribution in [0.25, 0.3) is 0 Å². The van der Waals surface area contributed by atoms with Crippen molar-refractivity contribution in [1.82, 2.24) is 10.6 Å². The topological polar surface area (TPSA) is 42.5 Å². The van der Waals surface area contributed by atoms with Gasteiger partial charge in [0.1, 0.15) is 0 Å². The highest BCUT2D eigenvalue weighted by atomic mass is 16.7. The molecule has 4 heterocycles. The fourth-order valence-electron chi connectivity index (χ4n) is 5.35. The van der Waals surface area contributed by atoms with Crippen molar-refractivity contribution >= 4 is 0 Å². The molecule has 0 bridgehead atoms. The van der Waals surface area contributed by atoms with Gasteiger partial charge in [-0.3, -0.25) is 0 Å². The fourth-order valence-corrected chi connectivity index (χ4v) is 5.35. The lowest BCUT2D eigenvalue weighted by Crippen LogP contribution is -2.56. The smallest absolute Gasteiger partial charge is 0.171 e. The lowest BCUT2D eigenvalue weighted by atomic mass is 9.59. The molecule has 0 saturated carbocycles. The van der Waals surface area contributed by atoms with E-state index in [9.17, 15) is 0 Å². The van der Waals surface area contributed by atoms with Crippen LogP contribution in [0.4, 0.5) is 0 Å². The summed E-state index contributed by atoms with van der Waals surface area (Å²) in [6.07, 6.45) is 7.50. The van der Waals surface area contributed by atoms with Gasteiger partial charge >= 0.3 is 0 Å². The van der Waals surface area contributed by atoms with E-state index in [2.05, 4.69) is 10.6 Å². The van der Waals surface area contributed by atoms with E-state index in [0.29, 0.717) is 11.3 Å². The van der Waals surface area contributed by atoms with Gasteiger partial charge in [-0.1, -0.05) is 0 Å². The van der Waals surface area contributed by atoms with Crippen molar-refractivity contribution < 1.29 is 9.47 Å². The van der Waals surface area contributed by atoms with Gasteiger partial charge in [-0.05, 0) is 69.6 Å². The Labute approximate surface area is 122 Å². The molecule has 0 radical (unpaired) electrons. The van der Waals surface area contributed by atoms with E-state index >= 15 is 0 Å². The third-order valence-corrected chi connectivity index (χ3v) is 6.39. The molecule has 0 aromatic rings. The minimum atomic E-state index is -0.221. The maximum absolute atomic E-state index is 6.14. The Kier molecular flexibility index (Phi) is 3.53. The second-order valence-corrected chi connectivity index (χ2v) is 7.18. The quantitative estimate of drug-likeness (QED) is 0.764. The lowest BCUT2D eigenvalue weighted by molar-refractivity contribution is -0.220. The second kappa shape index (κ2) is 5.24. The van der Waals surface area contributed by atoms with Gasteiger partial charge in [0.2, 0.25) is 0 Å². The molecule has 3 atom stereocenters. The van der Waals surface area contributed by atoms with Crippen molar-refractivity contribution in [3.05, 3.63) is 0 Å². The Bertz CT molecular complexity index is 335. The number of nitrogens with one attached hydrogen (secondary N) is 2. The first-order chi connectivity index (χ1) is 9.85. The maximum atomic E-state index is 6.14. The number of hydrogen-bond acceptors (Lipinski definition) is 4. The predicted octanol–water partition coefficient (Wildman–Crippen LogP) is 1.51. The fraction of sp³-hybridized carbons (Fsp3) is 1.00. The van der Waals surface area contributed by atoms with Gasteiger partial charge < -0.3 is 20.1 Å². The van der Waals surface area contributed by atoms with Crippen LogP contribution in [-0.4, -0.2) is 45.2 Å². The van der Waals surface area contributed by atoms with E-state index in [1.807, 2.05) is 0 Å². The molecule has 114 valence electrons. The molecular weight excluding hydrogens is 252 g/mol. The summed E-state index contributed by atoms with van der Waals surface area (Å²) in [7, 11) is 0. The van der Waals surface area contributed by atoms with E-state index in [0.717, 1.165) is 25.6 Å². The van der Waals surface area contributed by atoms with Crippen molar-refractivity contribution in [3.8, 4) is 0 Å². The molecule has 4 rings (SSSR count). The molecular formula is C16H28N2O2. The van der Waals surface area contributed by atoms with E-state index in [-0.39, 0.29) is 5.79 Å². The number of piperidine rings is 2. The van der Waals surface area contributed by atoms with E-state index in [1.165, 1.54) is 58.3 Å². The average Bonchev–Trinajstić information content (AvgIpc) is 3.12. The summed E-state index contributed by atoms with van der Waals surface area (Å²) in [5.41, 5.74) is 0.536. The van der Waals surface area contributed by atoms with Crippen LogP contribution in [0.5, 0.6) is 0 Å². The molecule has 2 spiro atoms. The minimum Gasteiger partial charge on any atom is -0.350 e. The number of hydrogen-bond donors (Lipinski definition) is 2. The maximum Gasteiger partial charge on any atom is 0.171 e. The van der Waals surface area contributed by atoms with Gasteiger partial charge in [0.15, 0.2) is 5.79 Å². The third kappa shape index (κ3) is 2.04. The van der Waals surface area contributed by atoms with Crippen LogP contribution in [0.1, 0.15) is 38.5 Å². The Balaban J connectivity index is 1.61. The van der Waals surface area contributed by atoms with Gasteiger partial charge in [0.05, 0.1) is 13.2 Å². The summed E-state index contributed by atoms with van der Waals surface area (Å²) in [6, 6.07) is 0. The second-order valence-electron chi connectivity index (χ2n) is 7.18. The molecule has 4 aliphatic rings. The summed E-state index contributed by atoms with van der Waals surface area (Å²) < 4.78 is 12.3. The highest BCUT2D eigenvalue weighted by molar-refractivity contribution is 5.03. The Morgan fingerprint density at radius 2 is 1.55 bits per heavy atom. The Hall–Kier alpha value is -0.160. The predicted molar refractivity (Wildman–Crippen MR) is 77.5 cm³/mol. The minimum absolute atomic E-state index is 0.221. The van der Waals surface area contributed by atoms with Crippen molar-refractivity contribution in [3.63, 3.8) is 0 Å². The first kappa shape index (κ1) is 13.5. The SMILES string of the molecule is C1COC2(C1)OCCC2C1CNCCC12CCNCC2. The molecule has 20 heavy (non-hydrogen) atoms. The molecule has 0 aromatic heterocycles. The van der Waals surface area contributed by atoms with Gasteiger partial charge in [-0.2, -0.15) is 0 Å². The largest absolute Gasteiger partial charge is 0.350 e. The number of ether oxygens (including phenoxy) is 2. The lowest BCUT2D eigenvalue weighted by Gasteiger charge is -2.51. The van der Waals surface area contributed by atoms with Crippen LogP contribution >= 0.6 is 0 Å². The van der Waals surface area contributed by atoms with Gasteiger partial charge in [0, 0.05) is 12.3 Å². The summed E-state index contributed by atoms with van der Waals surface area (Å²) in [5, 5.41) is 7.20. The standard InChI is InChI=1S/C16H28N2O2/c1-3-16(19-10-1)13(2-11-20-16)14-12-18-9-6-15(14)4-7-17-8-5-15/h13-14,17-18H,1-12H2. The Morgan fingerprint density at radius 1 is 0.800 bits per heavy atom. The van der Waals surface area contributed by atoms with Crippen LogP contribution in [0.2, 0.25) is 0 Å². The van der Waals surface area contributed by atoms with E-state index in [1.54, 1.807) is 0 Å². The molecule has 4 aliphatic heterocycles. The van der Waals surface area contributed by atoms with E-state index in [4.69, 9.17) is 9.47 Å². The molecule has 2 N–H and O–H groups in total. The third-order valence-electron chi connectivity index (χ3n) is 6.39. The zero-order valence-electron chi connectivity index (χ0n) is 12.5. The molecule has 0 amide bonds. The molecule has 0 aromatic carbocycles. The first-order valence-corrected chi connectivity index (χ1v) is 8.54. The zero-order valence-corrected chi connectivity index (χ0v) is 12.5. The summed E-state index contributed by atoms with van der Waals surface area (Å²) in [4.78, 5) is 0. The van der Waals surface area contributed by atoms with Crippen molar-refractivity contribution in [2.24, 2.45) is 17.3 Å². The molecule has 4 heteroatoms. The van der Waals surface area contributed by atoms with Crippen LogP contribution in [-0.2, 0) is 9.47 Å². The first-order valence-electron chi connectivity index (χ1n) is 8.54. The molecule has 4 saturated heterocycles. The average molecular weight is 280 g/mol. The highest BCUT2D eigenvalue weighted by Crippen LogP contribution is 2.53. The molecule has 0 aliphatic carbocycles. The van der Waals surface area contributed by atoms with Crippen LogP contribution in [0.15, 0.2) is 0 Å². The summed E-state index contributed by atoms with van der Waals surface area (Å²) in [6.45, 7) is 6.54.